The van der Waals surface area contributed by atoms with E-state index >= 15 is 0 Å². The fourth-order valence-electron chi connectivity index (χ4n) is 2.89. The molecule has 2 aliphatic heterocycles. The van der Waals surface area contributed by atoms with Crippen LogP contribution in [0.15, 0.2) is 12.1 Å². The molecule has 2 heterocycles. The van der Waals surface area contributed by atoms with Crippen LogP contribution in [0.2, 0.25) is 0 Å². The number of nitrogens with one attached hydrogen (secondary N) is 2. The molecule has 22 heavy (non-hydrogen) atoms. The van der Waals surface area contributed by atoms with Crippen LogP contribution in [-0.4, -0.2) is 46.1 Å². The average Bonchev–Trinajstić information content (AvgIpc) is 3.01. The quantitative estimate of drug-likeness (QED) is 0.782. The van der Waals surface area contributed by atoms with E-state index in [1.807, 2.05) is 0 Å². The average molecular weight is 329 g/mol. The van der Waals surface area contributed by atoms with Gasteiger partial charge in [-0.3, -0.25) is 0 Å². The minimum Gasteiger partial charge on any atom is -0.491 e. The molecule has 3 rings (SSSR count). The third kappa shape index (κ3) is 4.26. The molecular weight excluding hydrogens is 304 g/mol. The van der Waals surface area contributed by atoms with Crippen LogP contribution >= 0.6 is 12.4 Å². The highest BCUT2D eigenvalue weighted by Crippen LogP contribution is 2.30. The van der Waals surface area contributed by atoms with Crippen molar-refractivity contribution in [3.05, 3.63) is 23.3 Å². The third-order valence-corrected chi connectivity index (χ3v) is 4.03. The fraction of sp³-hybridized carbons (Fsp3) is 0.625. The van der Waals surface area contributed by atoms with E-state index in [4.69, 9.17) is 14.2 Å². The highest BCUT2D eigenvalue weighted by molar-refractivity contribution is 5.85. The summed E-state index contributed by atoms with van der Waals surface area (Å²) in [6.45, 7) is 4.78. The highest BCUT2D eigenvalue weighted by Gasteiger charge is 2.20. The highest BCUT2D eigenvalue weighted by atomic mass is 35.5. The van der Waals surface area contributed by atoms with Crippen molar-refractivity contribution in [2.75, 3.05) is 45.4 Å². The lowest BCUT2D eigenvalue weighted by Gasteiger charge is -2.24. The molecule has 0 saturated carbocycles. The number of hydrogen-bond acceptors (Lipinski definition) is 5. The first kappa shape index (κ1) is 17.3. The normalized spacial score (nSPS) is 20.1. The van der Waals surface area contributed by atoms with Crippen molar-refractivity contribution < 1.29 is 14.2 Å². The molecule has 5 nitrogen and oxygen atoms in total. The van der Waals surface area contributed by atoms with Crippen LogP contribution in [0.25, 0.3) is 0 Å². The van der Waals surface area contributed by atoms with E-state index in [-0.39, 0.29) is 12.4 Å². The van der Waals surface area contributed by atoms with Crippen LogP contribution in [-0.2, 0) is 22.4 Å². The first-order chi connectivity index (χ1) is 10.4. The van der Waals surface area contributed by atoms with Crippen molar-refractivity contribution in [1.29, 1.82) is 0 Å². The van der Waals surface area contributed by atoms with Gasteiger partial charge in [0.05, 0.1) is 19.3 Å². The molecule has 6 heteroatoms. The summed E-state index contributed by atoms with van der Waals surface area (Å²) in [4.78, 5) is 0. The van der Waals surface area contributed by atoms with Crippen molar-refractivity contribution in [2.24, 2.45) is 0 Å². The Kier molecular flexibility index (Phi) is 6.76. The lowest BCUT2D eigenvalue weighted by atomic mass is 9.98. The Hall–Kier alpha value is -1.01. The number of benzene rings is 1. The number of rotatable bonds is 6. The molecule has 0 spiro atoms. The molecule has 1 aromatic carbocycles. The summed E-state index contributed by atoms with van der Waals surface area (Å²) in [5.41, 5.74) is 3.93. The summed E-state index contributed by atoms with van der Waals surface area (Å²) in [7, 11) is 1.69. The molecule has 124 valence electrons. The third-order valence-electron chi connectivity index (χ3n) is 4.03. The van der Waals surface area contributed by atoms with Gasteiger partial charge in [-0.1, -0.05) is 0 Å². The van der Waals surface area contributed by atoms with Gasteiger partial charge in [0.2, 0.25) is 0 Å². The lowest BCUT2D eigenvalue weighted by molar-refractivity contribution is 0.146. The Labute approximate surface area is 138 Å². The van der Waals surface area contributed by atoms with Gasteiger partial charge in [-0.05, 0) is 36.6 Å². The molecule has 1 aromatic rings. The van der Waals surface area contributed by atoms with Crippen LogP contribution in [0.1, 0.15) is 17.5 Å². The molecule has 1 atom stereocenters. The standard InChI is InChI=1S/C16H24N2O3.ClH/c1-19-6-7-21-14-8-12-2-4-17-10-15(12)16(9-14)18-13-3-5-20-11-13;/h8-9,13,17-18H,2-7,10-11H2,1H3;1H/t13-;/m1./s1. The molecule has 1 fully saturated rings. The van der Waals surface area contributed by atoms with Gasteiger partial charge in [0.25, 0.3) is 0 Å². The second kappa shape index (κ2) is 8.58. The topological polar surface area (TPSA) is 51.8 Å². The van der Waals surface area contributed by atoms with Crippen LogP contribution in [0.5, 0.6) is 5.75 Å². The number of methoxy groups -OCH3 is 1. The minimum atomic E-state index is 0. The molecular formula is C16H25ClN2O3. The zero-order valence-corrected chi connectivity index (χ0v) is 13.8. The monoisotopic (exact) mass is 328 g/mol. The predicted octanol–water partition coefficient (Wildman–Crippen LogP) is 1.98. The molecule has 2 aliphatic rings. The Balaban J connectivity index is 0.00000176. The summed E-state index contributed by atoms with van der Waals surface area (Å²) in [6, 6.07) is 4.69. The van der Waals surface area contributed by atoms with E-state index < -0.39 is 0 Å². The maximum Gasteiger partial charge on any atom is 0.121 e. The molecule has 0 radical (unpaired) electrons. The molecule has 0 aliphatic carbocycles. The van der Waals surface area contributed by atoms with Gasteiger partial charge in [0, 0.05) is 32.0 Å². The lowest BCUT2D eigenvalue weighted by Crippen LogP contribution is -2.27. The van der Waals surface area contributed by atoms with E-state index in [1.54, 1.807) is 7.11 Å². The fourth-order valence-corrected chi connectivity index (χ4v) is 2.89. The van der Waals surface area contributed by atoms with Crippen LogP contribution in [0.4, 0.5) is 5.69 Å². The van der Waals surface area contributed by atoms with Crippen LogP contribution < -0.4 is 15.4 Å². The van der Waals surface area contributed by atoms with Gasteiger partial charge < -0.3 is 24.8 Å². The minimum absolute atomic E-state index is 0. The zero-order valence-electron chi connectivity index (χ0n) is 13.0. The van der Waals surface area contributed by atoms with E-state index in [9.17, 15) is 0 Å². The first-order valence-electron chi connectivity index (χ1n) is 7.69. The number of fused-ring (bicyclic) bond motifs is 1. The number of halogens is 1. The van der Waals surface area contributed by atoms with Gasteiger partial charge in [-0.25, -0.2) is 0 Å². The van der Waals surface area contributed by atoms with E-state index in [2.05, 4.69) is 22.8 Å². The summed E-state index contributed by atoms with van der Waals surface area (Å²) >= 11 is 0. The maximum absolute atomic E-state index is 5.80. The molecule has 0 amide bonds. The van der Waals surface area contributed by atoms with Crippen LogP contribution in [0.3, 0.4) is 0 Å². The summed E-state index contributed by atoms with van der Waals surface area (Å²) in [5, 5.41) is 7.07. The van der Waals surface area contributed by atoms with E-state index in [0.717, 1.165) is 44.9 Å². The van der Waals surface area contributed by atoms with Gasteiger partial charge in [0.1, 0.15) is 12.4 Å². The van der Waals surface area contributed by atoms with Crippen molar-refractivity contribution >= 4 is 18.1 Å². The summed E-state index contributed by atoms with van der Waals surface area (Å²) in [6.07, 6.45) is 2.11. The van der Waals surface area contributed by atoms with E-state index in [0.29, 0.717) is 19.3 Å². The predicted molar refractivity (Wildman–Crippen MR) is 89.3 cm³/mol. The van der Waals surface area contributed by atoms with Gasteiger partial charge in [-0.2, -0.15) is 0 Å². The van der Waals surface area contributed by atoms with Crippen molar-refractivity contribution in [2.45, 2.75) is 25.4 Å². The van der Waals surface area contributed by atoms with Crippen LogP contribution in [0, 0.1) is 0 Å². The number of ether oxygens (including phenoxy) is 3. The zero-order chi connectivity index (χ0) is 14.5. The van der Waals surface area contributed by atoms with Crippen molar-refractivity contribution in [1.82, 2.24) is 5.32 Å². The SMILES string of the molecule is COCCOc1cc2c(c(N[C@@H]3CCOC3)c1)CNCC2.Cl. The molecule has 1 saturated heterocycles. The summed E-state index contributed by atoms with van der Waals surface area (Å²) in [5.74, 6) is 0.925. The van der Waals surface area contributed by atoms with Gasteiger partial charge in [-0.15, -0.1) is 12.4 Å². The second-order valence-corrected chi connectivity index (χ2v) is 5.58. The Morgan fingerprint density at radius 2 is 2.27 bits per heavy atom. The largest absolute Gasteiger partial charge is 0.491 e. The van der Waals surface area contributed by atoms with Gasteiger partial charge in [0.15, 0.2) is 0 Å². The van der Waals surface area contributed by atoms with Crippen molar-refractivity contribution in [3.63, 3.8) is 0 Å². The Morgan fingerprint density at radius 1 is 1.36 bits per heavy atom. The molecule has 2 N–H and O–H groups in total. The smallest absolute Gasteiger partial charge is 0.121 e. The molecule has 0 aromatic heterocycles. The Bertz CT molecular complexity index is 479. The van der Waals surface area contributed by atoms with E-state index in [1.165, 1.54) is 16.8 Å². The molecule has 0 unspecified atom stereocenters. The van der Waals surface area contributed by atoms with Crippen molar-refractivity contribution in [3.8, 4) is 5.75 Å². The second-order valence-electron chi connectivity index (χ2n) is 5.58. The first-order valence-corrected chi connectivity index (χ1v) is 7.69. The number of hydrogen-bond donors (Lipinski definition) is 2. The van der Waals surface area contributed by atoms with Gasteiger partial charge >= 0.3 is 0 Å². The Morgan fingerprint density at radius 3 is 3.05 bits per heavy atom. The summed E-state index contributed by atoms with van der Waals surface area (Å²) < 4.78 is 16.3. The maximum atomic E-state index is 5.80. The molecule has 0 bridgehead atoms. The number of anilines is 1.